The van der Waals surface area contributed by atoms with Crippen LogP contribution in [0.5, 0.6) is 0 Å². The van der Waals surface area contributed by atoms with Crippen molar-refractivity contribution in [2.75, 3.05) is 0 Å². The molecular formula is C13H23N3. The van der Waals surface area contributed by atoms with Gasteiger partial charge in [-0.1, -0.05) is 20.3 Å². The van der Waals surface area contributed by atoms with E-state index in [1.165, 1.54) is 37.7 Å². The highest BCUT2D eigenvalue weighted by Crippen LogP contribution is 2.33. The van der Waals surface area contributed by atoms with Crippen molar-refractivity contribution in [2.45, 2.75) is 58.5 Å². The average molecular weight is 221 g/mol. The van der Waals surface area contributed by atoms with Gasteiger partial charge in [0.1, 0.15) is 0 Å². The minimum Gasteiger partial charge on any atom is -0.310 e. The standard InChI is InChI=1S/C13H23N3/c1-13(2)6-3-4-12(5-7-13)14-8-11-9-15-16-10-11/h9-10,12,14H,3-8H2,1-2H3,(H,15,16). The summed E-state index contributed by atoms with van der Waals surface area (Å²) in [5.74, 6) is 0. The summed E-state index contributed by atoms with van der Waals surface area (Å²) in [5, 5.41) is 10.5. The van der Waals surface area contributed by atoms with E-state index in [1.807, 2.05) is 12.4 Å². The first-order valence-corrected chi connectivity index (χ1v) is 6.37. The highest BCUT2D eigenvalue weighted by Gasteiger charge is 2.23. The molecule has 16 heavy (non-hydrogen) atoms. The fourth-order valence-corrected chi connectivity index (χ4v) is 2.50. The summed E-state index contributed by atoms with van der Waals surface area (Å²) >= 11 is 0. The Labute approximate surface area is 98.0 Å². The lowest BCUT2D eigenvalue weighted by Crippen LogP contribution is -2.28. The van der Waals surface area contributed by atoms with E-state index in [2.05, 4.69) is 29.4 Å². The lowest BCUT2D eigenvalue weighted by Gasteiger charge is -2.22. The van der Waals surface area contributed by atoms with Gasteiger partial charge in [0.05, 0.1) is 6.20 Å². The van der Waals surface area contributed by atoms with E-state index in [-0.39, 0.29) is 0 Å². The summed E-state index contributed by atoms with van der Waals surface area (Å²) in [5.41, 5.74) is 1.80. The van der Waals surface area contributed by atoms with Gasteiger partial charge in [-0.25, -0.2) is 0 Å². The summed E-state index contributed by atoms with van der Waals surface area (Å²) in [6, 6.07) is 0.691. The summed E-state index contributed by atoms with van der Waals surface area (Å²) in [6.45, 7) is 5.73. The van der Waals surface area contributed by atoms with E-state index in [0.717, 1.165) is 6.54 Å². The van der Waals surface area contributed by atoms with Gasteiger partial charge in [0, 0.05) is 24.3 Å². The molecule has 0 amide bonds. The van der Waals surface area contributed by atoms with Crippen LogP contribution in [0.15, 0.2) is 12.4 Å². The highest BCUT2D eigenvalue weighted by molar-refractivity contribution is 5.01. The topological polar surface area (TPSA) is 40.7 Å². The van der Waals surface area contributed by atoms with Crippen molar-refractivity contribution >= 4 is 0 Å². The second-order valence-electron chi connectivity index (χ2n) is 5.78. The van der Waals surface area contributed by atoms with Crippen molar-refractivity contribution in [3.63, 3.8) is 0 Å². The van der Waals surface area contributed by atoms with E-state index in [9.17, 15) is 0 Å². The van der Waals surface area contributed by atoms with Crippen LogP contribution in [0.25, 0.3) is 0 Å². The molecular weight excluding hydrogens is 198 g/mol. The molecule has 1 fully saturated rings. The maximum absolute atomic E-state index is 3.96. The van der Waals surface area contributed by atoms with Crippen LogP contribution in [0.3, 0.4) is 0 Å². The molecule has 1 atom stereocenters. The summed E-state index contributed by atoms with van der Waals surface area (Å²) < 4.78 is 0. The molecule has 0 bridgehead atoms. The molecule has 3 nitrogen and oxygen atoms in total. The number of aromatic amines is 1. The molecule has 1 aromatic rings. The van der Waals surface area contributed by atoms with Crippen molar-refractivity contribution in [3.05, 3.63) is 18.0 Å². The Hall–Kier alpha value is -0.830. The van der Waals surface area contributed by atoms with Crippen LogP contribution in [-0.2, 0) is 6.54 Å². The zero-order valence-electron chi connectivity index (χ0n) is 10.4. The van der Waals surface area contributed by atoms with Gasteiger partial charge in [0.2, 0.25) is 0 Å². The molecule has 90 valence electrons. The molecule has 2 rings (SSSR count). The van der Waals surface area contributed by atoms with Crippen LogP contribution >= 0.6 is 0 Å². The second-order valence-corrected chi connectivity index (χ2v) is 5.78. The van der Waals surface area contributed by atoms with Crippen molar-refractivity contribution in [1.29, 1.82) is 0 Å². The molecule has 2 N–H and O–H groups in total. The fourth-order valence-electron chi connectivity index (χ4n) is 2.50. The molecule has 0 saturated heterocycles. The first-order chi connectivity index (χ1) is 7.66. The molecule has 1 heterocycles. The Morgan fingerprint density at radius 1 is 1.44 bits per heavy atom. The molecule has 1 aliphatic rings. The Bertz CT molecular complexity index is 303. The first-order valence-electron chi connectivity index (χ1n) is 6.37. The Morgan fingerprint density at radius 2 is 2.31 bits per heavy atom. The monoisotopic (exact) mass is 221 g/mol. The minimum absolute atomic E-state index is 0.548. The molecule has 1 aromatic heterocycles. The van der Waals surface area contributed by atoms with E-state index in [4.69, 9.17) is 0 Å². The zero-order chi connectivity index (χ0) is 11.4. The van der Waals surface area contributed by atoms with Crippen molar-refractivity contribution < 1.29 is 0 Å². The normalized spacial score (nSPS) is 25.2. The molecule has 3 heteroatoms. The number of nitrogens with zero attached hydrogens (tertiary/aromatic N) is 1. The van der Waals surface area contributed by atoms with Gasteiger partial charge in [0.15, 0.2) is 0 Å². The Kier molecular flexibility index (Phi) is 3.64. The third-order valence-electron chi connectivity index (χ3n) is 3.73. The number of nitrogens with one attached hydrogen (secondary N) is 2. The number of rotatable bonds is 3. The first kappa shape index (κ1) is 11.6. The van der Waals surface area contributed by atoms with E-state index >= 15 is 0 Å². The SMILES string of the molecule is CC1(C)CCCC(NCc2cn[nH]c2)CC1. The summed E-state index contributed by atoms with van der Waals surface area (Å²) in [7, 11) is 0. The van der Waals surface area contributed by atoms with Gasteiger partial charge in [-0.05, 0) is 31.1 Å². The number of H-pyrrole nitrogens is 1. The molecule has 0 aliphatic heterocycles. The molecule has 0 spiro atoms. The Balaban J connectivity index is 1.78. The number of hydrogen-bond acceptors (Lipinski definition) is 2. The van der Waals surface area contributed by atoms with Crippen molar-refractivity contribution in [2.24, 2.45) is 5.41 Å². The maximum atomic E-state index is 3.96. The van der Waals surface area contributed by atoms with Gasteiger partial charge in [0.25, 0.3) is 0 Å². The molecule has 0 aromatic carbocycles. The quantitative estimate of drug-likeness (QED) is 0.771. The largest absolute Gasteiger partial charge is 0.310 e. The van der Waals surface area contributed by atoms with Gasteiger partial charge >= 0.3 is 0 Å². The molecule has 1 unspecified atom stereocenters. The van der Waals surface area contributed by atoms with Crippen LogP contribution in [0, 0.1) is 5.41 Å². The molecule has 1 saturated carbocycles. The second kappa shape index (κ2) is 5.00. The van der Waals surface area contributed by atoms with Crippen LogP contribution in [0.1, 0.15) is 51.5 Å². The Morgan fingerprint density at radius 3 is 3.06 bits per heavy atom. The lowest BCUT2D eigenvalue weighted by molar-refractivity contribution is 0.309. The zero-order valence-corrected chi connectivity index (χ0v) is 10.4. The summed E-state index contributed by atoms with van der Waals surface area (Å²) in [6.07, 6.45) is 10.6. The van der Waals surface area contributed by atoms with Gasteiger partial charge in [-0.15, -0.1) is 0 Å². The van der Waals surface area contributed by atoms with E-state index in [1.54, 1.807) is 0 Å². The van der Waals surface area contributed by atoms with Crippen molar-refractivity contribution in [1.82, 2.24) is 15.5 Å². The lowest BCUT2D eigenvalue weighted by atomic mass is 9.85. The van der Waals surface area contributed by atoms with Crippen LogP contribution in [0.2, 0.25) is 0 Å². The number of aromatic nitrogens is 2. The van der Waals surface area contributed by atoms with E-state index < -0.39 is 0 Å². The predicted octanol–water partition coefficient (Wildman–Crippen LogP) is 2.86. The third kappa shape index (κ3) is 3.34. The van der Waals surface area contributed by atoms with Crippen LogP contribution < -0.4 is 5.32 Å². The van der Waals surface area contributed by atoms with E-state index in [0.29, 0.717) is 11.5 Å². The summed E-state index contributed by atoms with van der Waals surface area (Å²) in [4.78, 5) is 0. The predicted molar refractivity (Wildman–Crippen MR) is 66.1 cm³/mol. The van der Waals surface area contributed by atoms with Gasteiger partial charge < -0.3 is 5.32 Å². The fraction of sp³-hybridized carbons (Fsp3) is 0.769. The van der Waals surface area contributed by atoms with Gasteiger partial charge in [-0.2, -0.15) is 5.10 Å². The van der Waals surface area contributed by atoms with Crippen LogP contribution in [-0.4, -0.2) is 16.2 Å². The third-order valence-corrected chi connectivity index (χ3v) is 3.73. The van der Waals surface area contributed by atoms with Crippen molar-refractivity contribution in [3.8, 4) is 0 Å². The minimum atomic E-state index is 0.548. The molecule has 1 aliphatic carbocycles. The van der Waals surface area contributed by atoms with Crippen LogP contribution in [0.4, 0.5) is 0 Å². The average Bonchev–Trinajstić information content (AvgIpc) is 2.68. The highest BCUT2D eigenvalue weighted by atomic mass is 15.1. The van der Waals surface area contributed by atoms with Gasteiger partial charge in [-0.3, -0.25) is 5.10 Å². The molecule has 0 radical (unpaired) electrons. The maximum Gasteiger partial charge on any atom is 0.0532 e. The smallest absolute Gasteiger partial charge is 0.0532 e. The number of hydrogen-bond donors (Lipinski definition) is 2.